The summed E-state index contributed by atoms with van der Waals surface area (Å²) in [5, 5.41) is 6.10. The van der Waals surface area contributed by atoms with Crippen LogP contribution in [0.3, 0.4) is 0 Å². The molecule has 2 aromatic carbocycles. The third kappa shape index (κ3) is 5.95. The standard InChI is InChI=1S/C23H21BrFN3OS.ClH/c1-28(13-20-10-17(24)14-30-20)9-8-16-12-26-22-7-6-19(11-21(16)22)27-23(29)15-2-4-18(25)5-3-15;/h2-7,10-12,14,26H,8-9,13H2,1H3,(H,27,29);1H. The zero-order valence-corrected chi connectivity index (χ0v) is 20.0. The fraction of sp³-hybridized carbons (Fsp3) is 0.174. The molecule has 4 rings (SSSR count). The smallest absolute Gasteiger partial charge is 0.255 e. The van der Waals surface area contributed by atoms with E-state index in [0.29, 0.717) is 5.56 Å². The summed E-state index contributed by atoms with van der Waals surface area (Å²) >= 11 is 5.26. The van der Waals surface area contributed by atoms with E-state index < -0.39 is 0 Å². The van der Waals surface area contributed by atoms with Crippen LogP contribution in [0.25, 0.3) is 10.9 Å². The highest BCUT2D eigenvalue weighted by atomic mass is 79.9. The van der Waals surface area contributed by atoms with Gasteiger partial charge in [0.25, 0.3) is 5.91 Å². The lowest BCUT2D eigenvalue weighted by molar-refractivity contribution is 0.102. The molecule has 2 heterocycles. The number of thiophene rings is 1. The van der Waals surface area contributed by atoms with Crippen molar-refractivity contribution in [3.05, 3.63) is 86.4 Å². The van der Waals surface area contributed by atoms with E-state index in [1.807, 2.05) is 24.4 Å². The Labute approximate surface area is 199 Å². The lowest BCUT2D eigenvalue weighted by Crippen LogP contribution is -2.20. The molecule has 8 heteroatoms. The molecule has 0 unspecified atom stereocenters. The minimum Gasteiger partial charge on any atom is -0.361 e. The molecule has 0 bridgehead atoms. The Morgan fingerprint density at radius 3 is 2.68 bits per heavy atom. The molecule has 4 nitrogen and oxygen atoms in total. The van der Waals surface area contributed by atoms with Gasteiger partial charge in [-0.25, -0.2) is 4.39 Å². The lowest BCUT2D eigenvalue weighted by atomic mass is 10.1. The summed E-state index contributed by atoms with van der Waals surface area (Å²) in [5.74, 6) is -0.616. The molecule has 2 N–H and O–H groups in total. The second-order valence-electron chi connectivity index (χ2n) is 7.25. The molecule has 0 fully saturated rings. The Morgan fingerprint density at radius 1 is 1.19 bits per heavy atom. The van der Waals surface area contributed by atoms with Crippen LogP contribution < -0.4 is 5.32 Å². The van der Waals surface area contributed by atoms with Gasteiger partial charge in [-0.2, -0.15) is 0 Å². The predicted octanol–water partition coefficient (Wildman–Crippen LogP) is 6.48. The number of nitrogens with zero attached hydrogens (tertiary/aromatic N) is 1. The van der Waals surface area contributed by atoms with Gasteiger partial charge in [-0.3, -0.25) is 4.79 Å². The first-order valence-corrected chi connectivity index (χ1v) is 11.2. The van der Waals surface area contributed by atoms with Gasteiger partial charge < -0.3 is 15.2 Å². The summed E-state index contributed by atoms with van der Waals surface area (Å²) in [4.78, 5) is 19.4. The van der Waals surface area contributed by atoms with Crippen molar-refractivity contribution in [1.82, 2.24) is 9.88 Å². The summed E-state index contributed by atoms with van der Waals surface area (Å²) in [6, 6.07) is 13.5. The minimum absolute atomic E-state index is 0. The number of nitrogens with one attached hydrogen (secondary N) is 2. The first kappa shape index (κ1) is 23.5. The third-order valence-corrected chi connectivity index (χ3v) is 6.62. The van der Waals surface area contributed by atoms with Crippen molar-refractivity contribution in [3.8, 4) is 0 Å². The average Bonchev–Trinajstić information content (AvgIpc) is 3.32. The minimum atomic E-state index is -0.360. The zero-order valence-electron chi connectivity index (χ0n) is 16.8. The molecule has 162 valence electrons. The van der Waals surface area contributed by atoms with Crippen LogP contribution in [-0.4, -0.2) is 29.4 Å². The number of halogens is 3. The summed E-state index contributed by atoms with van der Waals surface area (Å²) in [7, 11) is 2.12. The van der Waals surface area contributed by atoms with Crippen molar-refractivity contribution < 1.29 is 9.18 Å². The Bertz CT molecular complexity index is 1180. The van der Waals surface area contributed by atoms with Gasteiger partial charge in [-0.15, -0.1) is 23.7 Å². The highest BCUT2D eigenvalue weighted by Gasteiger charge is 2.10. The SMILES string of the molecule is CN(CCc1c[nH]c2ccc(NC(=O)c3ccc(F)cc3)cc12)Cc1cc(Br)cs1.Cl. The number of carbonyl (C=O) groups excluding carboxylic acids is 1. The topological polar surface area (TPSA) is 48.1 Å². The number of amides is 1. The molecule has 0 aliphatic heterocycles. The van der Waals surface area contributed by atoms with Gasteiger partial charge in [0.05, 0.1) is 0 Å². The summed E-state index contributed by atoms with van der Waals surface area (Å²) in [6.07, 6.45) is 2.93. The number of fused-ring (bicyclic) bond motifs is 1. The Balaban J connectivity index is 0.00000272. The van der Waals surface area contributed by atoms with Gasteiger partial charge in [0.1, 0.15) is 5.82 Å². The molecular formula is C23H22BrClFN3OS. The summed E-state index contributed by atoms with van der Waals surface area (Å²) < 4.78 is 14.2. The number of anilines is 1. The summed E-state index contributed by atoms with van der Waals surface area (Å²) in [6.45, 7) is 1.84. The summed E-state index contributed by atoms with van der Waals surface area (Å²) in [5.41, 5.74) is 3.39. The Hall–Kier alpha value is -2.19. The average molecular weight is 523 g/mol. The van der Waals surface area contributed by atoms with Gasteiger partial charge in [0, 0.05) is 56.2 Å². The van der Waals surface area contributed by atoms with E-state index in [4.69, 9.17) is 0 Å². The van der Waals surface area contributed by atoms with Crippen LogP contribution in [0.15, 0.2) is 64.6 Å². The van der Waals surface area contributed by atoms with Crippen molar-refractivity contribution in [2.24, 2.45) is 0 Å². The van der Waals surface area contributed by atoms with E-state index >= 15 is 0 Å². The van der Waals surface area contributed by atoms with Crippen molar-refractivity contribution in [3.63, 3.8) is 0 Å². The van der Waals surface area contributed by atoms with Crippen LogP contribution in [0.4, 0.5) is 10.1 Å². The quantitative estimate of drug-likeness (QED) is 0.292. The maximum atomic E-state index is 13.1. The van der Waals surface area contributed by atoms with Crippen molar-refractivity contribution in [1.29, 1.82) is 0 Å². The fourth-order valence-corrected chi connectivity index (χ4v) is 4.89. The molecule has 0 atom stereocenters. The van der Waals surface area contributed by atoms with E-state index in [0.717, 1.165) is 40.6 Å². The van der Waals surface area contributed by atoms with Gasteiger partial charge in [-0.1, -0.05) is 0 Å². The van der Waals surface area contributed by atoms with Crippen molar-refractivity contribution in [2.45, 2.75) is 13.0 Å². The molecule has 1 amide bonds. The number of hydrogen-bond donors (Lipinski definition) is 2. The number of carbonyl (C=O) groups is 1. The van der Waals surface area contributed by atoms with Crippen LogP contribution in [0.1, 0.15) is 20.8 Å². The van der Waals surface area contributed by atoms with Crippen LogP contribution in [0.5, 0.6) is 0 Å². The first-order valence-electron chi connectivity index (χ1n) is 9.56. The van der Waals surface area contributed by atoms with E-state index in [-0.39, 0.29) is 24.1 Å². The van der Waals surface area contributed by atoms with Gasteiger partial charge >= 0.3 is 0 Å². The number of aromatic amines is 1. The van der Waals surface area contributed by atoms with Gasteiger partial charge in [0.15, 0.2) is 0 Å². The zero-order chi connectivity index (χ0) is 21.1. The lowest BCUT2D eigenvalue weighted by Gasteiger charge is -2.15. The number of aromatic nitrogens is 1. The molecule has 0 aliphatic rings. The molecule has 4 aromatic rings. The first-order chi connectivity index (χ1) is 14.5. The highest BCUT2D eigenvalue weighted by Crippen LogP contribution is 2.24. The highest BCUT2D eigenvalue weighted by molar-refractivity contribution is 9.10. The maximum absolute atomic E-state index is 13.1. The number of hydrogen-bond acceptors (Lipinski definition) is 3. The normalized spacial score (nSPS) is 11.0. The van der Waals surface area contributed by atoms with Crippen LogP contribution in [0.2, 0.25) is 0 Å². The van der Waals surface area contributed by atoms with Crippen molar-refractivity contribution in [2.75, 3.05) is 18.9 Å². The molecule has 0 radical (unpaired) electrons. The number of rotatable bonds is 7. The van der Waals surface area contributed by atoms with Gasteiger partial charge in [-0.05, 0) is 83.5 Å². The second kappa shape index (κ2) is 10.4. The van der Waals surface area contributed by atoms with Crippen molar-refractivity contribution >= 4 is 62.2 Å². The molecule has 0 aliphatic carbocycles. The molecule has 0 saturated heterocycles. The molecule has 2 aromatic heterocycles. The third-order valence-electron chi connectivity index (χ3n) is 4.94. The Morgan fingerprint density at radius 2 is 1.97 bits per heavy atom. The predicted molar refractivity (Wildman–Crippen MR) is 132 cm³/mol. The number of likely N-dealkylation sites (N-methyl/N-ethyl adjacent to an activating group) is 1. The monoisotopic (exact) mass is 521 g/mol. The van der Waals surface area contributed by atoms with E-state index in [1.165, 1.54) is 34.7 Å². The molecule has 31 heavy (non-hydrogen) atoms. The largest absolute Gasteiger partial charge is 0.361 e. The molecule has 0 saturated carbocycles. The van der Waals surface area contributed by atoms with E-state index in [2.05, 4.69) is 49.6 Å². The fourth-order valence-electron chi connectivity index (χ4n) is 3.36. The molecular weight excluding hydrogens is 501 g/mol. The van der Waals surface area contributed by atoms with E-state index in [9.17, 15) is 9.18 Å². The second-order valence-corrected chi connectivity index (χ2v) is 9.17. The molecule has 0 spiro atoms. The van der Waals surface area contributed by atoms with E-state index in [1.54, 1.807) is 11.3 Å². The van der Waals surface area contributed by atoms with Crippen LogP contribution in [0, 0.1) is 5.82 Å². The number of H-pyrrole nitrogens is 1. The Kier molecular flexibility index (Phi) is 7.89. The van der Waals surface area contributed by atoms with Crippen LogP contribution >= 0.6 is 39.7 Å². The van der Waals surface area contributed by atoms with Gasteiger partial charge in [0.2, 0.25) is 0 Å². The van der Waals surface area contributed by atoms with Crippen LogP contribution in [-0.2, 0) is 13.0 Å². The number of benzene rings is 2. The maximum Gasteiger partial charge on any atom is 0.255 e.